The van der Waals surface area contributed by atoms with Crippen molar-refractivity contribution in [2.75, 3.05) is 0 Å². The molecule has 19 heavy (non-hydrogen) atoms. The standard InChI is InChI=1S/C14H16N2O2S/c1-11(9-14(17)18)19-10-12-7-8-16(15-12)13-5-3-2-4-6-13/h2-8,11H,9-10H2,1H3,(H,17,18). The van der Waals surface area contributed by atoms with E-state index in [1.54, 1.807) is 11.8 Å². The van der Waals surface area contributed by atoms with Crippen molar-refractivity contribution in [3.05, 3.63) is 48.3 Å². The Morgan fingerprint density at radius 1 is 1.37 bits per heavy atom. The van der Waals surface area contributed by atoms with Crippen molar-refractivity contribution < 1.29 is 9.90 Å². The zero-order valence-electron chi connectivity index (χ0n) is 10.7. The van der Waals surface area contributed by atoms with Gasteiger partial charge in [-0.2, -0.15) is 16.9 Å². The Labute approximate surface area is 116 Å². The van der Waals surface area contributed by atoms with Gasteiger partial charge in [0.2, 0.25) is 0 Å². The minimum atomic E-state index is -0.755. The van der Waals surface area contributed by atoms with Gasteiger partial charge in [0.05, 0.1) is 17.8 Å². The lowest BCUT2D eigenvalue weighted by molar-refractivity contribution is -0.136. The fourth-order valence-corrected chi connectivity index (χ4v) is 2.57. The van der Waals surface area contributed by atoms with Crippen LogP contribution in [-0.2, 0) is 10.5 Å². The van der Waals surface area contributed by atoms with Crippen molar-refractivity contribution in [1.29, 1.82) is 0 Å². The SMILES string of the molecule is CC(CC(=O)O)SCc1ccn(-c2ccccc2)n1. The van der Waals surface area contributed by atoms with Gasteiger partial charge >= 0.3 is 5.97 Å². The van der Waals surface area contributed by atoms with Crippen molar-refractivity contribution in [3.63, 3.8) is 0 Å². The maximum absolute atomic E-state index is 10.6. The maximum Gasteiger partial charge on any atom is 0.304 e. The van der Waals surface area contributed by atoms with Crippen LogP contribution < -0.4 is 0 Å². The number of aliphatic carboxylic acids is 1. The Morgan fingerprint density at radius 2 is 2.11 bits per heavy atom. The number of carboxylic acid groups (broad SMARTS) is 1. The molecule has 1 atom stereocenters. The fourth-order valence-electron chi connectivity index (χ4n) is 1.70. The predicted octanol–water partition coefficient (Wildman–Crippen LogP) is 2.97. The molecule has 1 N–H and O–H groups in total. The Kier molecular flexibility index (Phi) is 4.63. The molecule has 1 heterocycles. The van der Waals surface area contributed by atoms with Crippen LogP contribution in [0, 0.1) is 0 Å². The Hall–Kier alpha value is -1.75. The molecule has 0 bridgehead atoms. The predicted molar refractivity (Wildman–Crippen MR) is 76.6 cm³/mol. The molecule has 0 fully saturated rings. The lowest BCUT2D eigenvalue weighted by Crippen LogP contribution is -2.06. The molecule has 0 spiro atoms. The Bertz CT molecular complexity index is 539. The zero-order chi connectivity index (χ0) is 13.7. The molecule has 1 aromatic heterocycles. The van der Waals surface area contributed by atoms with E-state index in [4.69, 9.17) is 5.11 Å². The van der Waals surface area contributed by atoms with Gasteiger partial charge in [-0.05, 0) is 18.2 Å². The maximum atomic E-state index is 10.6. The van der Waals surface area contributed by atoms with Crippen LogP contribution in [-0.4, -0.2) is 26.1 Å². The van der Waals surface area contributed by atoms with Crippen LogP contribution in [0.15, 0.2) is 42.6 Å². The summed E-state index contributed by atoms with van der Waals surface area (Å²) < 4.78 is 1.83. The van der Waals surface area contributed by atoms with Crippen molar-refractivity contribution >= 4 is 17.7 Å². The first-order valence-corrected chi connectivity index (χ1v) is 7.13. The zero-order valence-corrected chi connectivity index (χ0v) is 11.5. The quantitative estimate of drug-likeness (QED) is 0.881. The lowest BCUT2D eigenvalue weighted by Gasteiger charge is -2.06. The first-order valence-electron chi connectivity index (χ1n) is 6.08. The average molecular weight is 276 g/mol. The van der Waals surface area contributed by atoms with E-state index < -0.39 is 5.97 Å². The third kappa shape index (κ3) is 4.13. The van der Waals surface area contributed by atoms with Gasteiger partial charge in [0.25, 0.3) is 0 Å². The molecular weight excluding hydrogens is 260 g/mol. The molecule has 2 aromatic rings. The van der Waals surface area contributed by atoms with Gasteiger partial charge in [-0.3, -0.25) is 4.79 Å². The smallest absolute Gasteiger partial charge is 0.304 e. The highest BCUT2D eigenvalue weighted by molar-refractivity contribution is 7.99. The number of thioether (sulfide) groups is 1. The van der Waals surface area contributed by atoms with Crippen molar-refractivity contribution in [2.45, 2.75) is 24.3 Å². The molecule has 0 aliphatic rings. The third-order valence-corrected chi connectivity index (χ3v) is 3.84. The number of nitrogens with zero attached hydrogens (tertiary/aromatic N) is 2. The minimum absolute atomic E-state index is 0.0966. The normalized spacial score (nSPS) is 12.3. The van der Waals surface area contributed by atoms with Crippen LogP contribution in [0.2, 0.25) is 0 Å². The third-order valence-electron chi connectivity index (χ3n) is 2.64. The number of hydrogen-bond donors (Lipinski definition) is 1. The van der Waals surface area contributed by atoms with E-state index in [9.17, 15) is 4.79 Å². The van der Waals surface area contributed by atoms with Crippen LogP contribution >= 0.6 is 11.8 Å². The average Bonchev–Trinajstić information content (AvgIpc) is 2.85. The van der Waals surface area contributed by atoms with E-state index in [1.807, 2.05) is 54.2 Å². The molecule has 100 valence electrons. The summed E-state index contributed by atoms with van der Waals surface area (Å²) in [4.78, 5) is 10.6. The first-order chi connectivity index (χ1) is 9.15. The summed E-state index contributed by atoms with van der Waals surface area (Å²) in [7, 11) is 0. The van der Waals surface area contributed by atoms with Crippen LogP contribution in [0.25, 0.3) is 5.69 Å². The highest BCUT2D eigenvalue weighted by atomic mass is 32.2. The van der Waals surface area contributed by atoms with Gasteiger partial charge in [-0.25, -0.2) is 4.68 Å². The van der Waals surface area contributed by atoms with Gasteiger partial charge in [0.1, 0.15) is 0 Å². The van der Waals surface area contributed by atoms with Crippen molar-refractivity contribution in [1.82, 2.24) is 9.78 Å². The van der Waals surface area contributed by atoms with Gasteiger partial charge in [0, 0.05) is 17.2 Å². The molecule has 0 amide bonds. The second-order valence-electron chi connectivity index (χ2n) is 4.31. The monoisotopic (exact) mass is 276 g/mol. The van der Waals surface area contributed by atoms with E-state index in [2.05, 4.69) is 5.10 Å². The Balaban J connectivity index is 1.93. The summed E-state index contributed by atoms with van der Waals surface area (Å²) in [6.45, 7) is 1.92. The van der Waals surface area contributed by atoms with Crippen LogP contribution in [0.3, 0.4) is 0 Å². The topological polar surface area (TPSA) is 55.1 Å². The number of rotatable bonds is 6. The molecule has 0 saturated heterocycles. The first kappa shape index (κ1) is 13.7. The van der Waals surface area contributed by atoms with E-state index >= 15 is 0 Å². The number of carboxylic acids is 1. The Morgan fingerprint density at radius 3 is 2.79 bits per heavy atom. The summed E-state index contributed by atoms with van der Waals surface area (Å²) in [6, 6.07) is 11.9. The lowest BCUT2D eigenvalue weighted by atomic mass is 10.3. The van der Waals surface area contributed by atoms with Gasteiger partial charge in [-0.1, -0.05) is 25.1 Å². The van der Waals surface area contributed by atoms with Crippen LogP contribution in [0.4, 0.5) is 0 Å². The molecule has 0 radical (unpaired) electrons. The minimum Gasteiger partial charge on any atom is -0.481 e. The summed E-state index contributed by atoms with van der Waals surface area (Å²) in [6.07, 6.45) is 2.11. The molecule has 1 unspecified atom stereocenters. The van der Waals surface area contributed by atoms with E-state index in [-0.39, 0.29) is 11.7 Å². The number of para-hydroxylation sites is 1. The summed E-state index contributed by atoms with van der Waals surface area (Å²) in [5.74, 6) is -0.0244. The molecule has 0 aliphatic carbocycles. The van der Waals surface area contributed by atoms with Gasteiger partial charge < -0.3 is 5.11 Å². The fraction of sp³-hybridized carbons (Fsp3) is 0.286. The van der Waals surface area contributed by atoms with Crippen molar-refractivity contribution in [2.24, 2.45) is 0 Å². The van der Waals surface area contributed by atoms with E-state index in [0.717, 1.165) is 17.1 Å². The largest absolute Gasteiger partial charge is 0.481 e. The number of aromatic nitrogens is 2. The van der Waals surface area contributed by atoms with Gasteiger partial charge in [0.15, 0.2) is 0 Å². The van der Waals surface area contributed by atoms with Crippen molar-refractivity contribution in [3.8, 4) is 5.69 Å². The van der Waals surface area contributed by atoms with E-state index in [0.29, 0.717) is 0 Å². The molecule has 0 aliphatic heterocycles. The van der Waals surface area contributed by atoms with Gasteiger partial charge in [-0.15, -0.1) is 0 Å². The second kappa shape index (κ2) is 6.43. The summed E-state index contributed by atoms with van der Waals surface area (Å²) in [5, 5.41) is 13.3. The number of carbonyl (C=O) groups is 1. The summed E-state index contributed by atoms with van der Waals surface area (Å²) >= 11 is 1.61. The summed E-state index contributed by atoms with van der Waals surface area (Å²) in [5.41, 5.74) is 1.99. The highest BCUT2D eigenvalue weighted by Gasteiger charge is 2.09. The second-order valence-corrected chi connectivity index (χ2v) is 5.73. The molecule has 2 rings (SSSR count). The van der Waals surface area contributed by atoms with Crippen LogP contribution in [0.5, 0.6) is 0 Å². The molecule has 0 saturated carbocycles. The molecule has 5 heteroatoms. The molecular formula is C14H16N2O2S. The molecule has 4 nitrogen and oxygen atoms in total. The highest BCUT2D eigenvalue weighted by Crippen LogP contribution is 2.19. The van der Waals surface area contributed by atoms with Crippen LogP contribution in [0.1, 0.15) is 19.0 Å². The molecule has 1 aromatic carbocycles. The number of benzene rings is 1. The number of hydrogen-bond acceptors (Lipinski definition) is 3. The van der Waals surface area contributed by atoms with E-state index in [1.165, 1.54) is 0 Å².